The molecule has 19 heavy (non-hydrogen) atoms. The molecule has 0 radical (unpaired) electrons. The lowest BCUT2D eigenvalue weighted by Crippen LogP contribution is -2.35. The van der Waals surface area contributed by atoms with Gasteiger partial charge in [0.15, 0.2) is 0 Å². The van der Waals surface area contributed by atoms with Gasteiger partial charge in [0, 0.05) is 11.7 Å². The van der Waals surface area contributed by atoms with Gasteiger partial charge in [-0.3, -0.25) is 0 Å². The third-order valence-corrected chi connectivity index (χ3v) is 4.80. The Morgan fingerprint density at radius 1 is 1.26 bits per heavy atom. The highest BCUT2D eigenvalue weighted by atomic mass is 79.9. The number of rotatable bonds is 4. The summed E-state index contributed by atoms with van der Waals surface area (Å²) in [6.45, 7) is 4.68. The van der Waals surface area contributed by atoms with Gasteiger partial charge in [-0.25, -0.2) is 0 Å². The summed E-state index contributed by atoms with van der Waals surface area (Å²) >= 11 is 3.55. The zero-order valence-electron chi connectivity index (χ0n) is 12.1. The Hall–Kier alpha value is -0.700. The second-order valence-electron chi connectivity index (χ2n) is 5.79. The highest BCUT2D eigenvalue weighted by molar-refractivity contribution is 9.10. The number of nitrogens with one attached hydrogen (secondary N) is 1. The van der Waals surface area contributed by atoms with Crippen LogP contribution in [0.4, 0.5) is 5.69 Å². The van der Waals surface area contributed by atoms with Crippen LogP contribution >= 0.6 is 15.9 Å². The highest BCUT2D eigenvalue weighted by Crippen LogP contribution is 2.34. The average molecular weight is 326 g/mol. The maximum atomic E-state index is 5.27. The Morgan fingerprint density at radius 2 is 2.00 bits per heavy atom. The van der Waals surface area contributed by atoms with Crippen molar-refractivity contribution in [2.24, 2.45) is 11.8 Å². The van der Waals surface area contributed by atoms with Gasteiger partial charge >= 0.3 is 0 Å². The fourth-order valence-electron chi connectivity index (χ4n) is 3.11. The zero-order valence-corrected chi connectivity index (χ0v) is 13.7. The molecule has 2 atom stereocenters. The van der Waals surface area contributed by atoms with Crippen LogP contribution in [0.1, 0.15) is 39.5 Å². The van der Waals surface area contributed by atoms with Gasteiger partial charge in [0.05, 0.1) is 11.6 Å². The molecule has 2 rings (SSSR count). The summed E-state index contributed by atoms with van der Waals surface area (Å²) in [5.41, 5.74) is 1.19. The summed E-state index contributed by atoms with van der Waals surface area (Å²) in [6, 6.07) is 6.84. The number of hydrogen-bond acceptors (Lipinski definition) is 2. The van der Waals surface area contributed by atoms with Crippen molar-refractivity contribution in [3.63, 3.8) is 0 Å². The fourth-order valence-corrected chi connectivity index (χ4v) is 3.65. The molecule has 2 unspecified atom stereocenters. The first-order valence-electron chi connectivity index (χ1n) is 7.22. The van der Waals surface area contributed by atoms with E-state index in [4.69, 9.17) is 4.74 Å². The molecule has 1 aromatic carbocycles. The predicted octanol–water partition coefficient (Wildman–Crippen LogP) is 5.08. The second kappa shape index (κ2) is 6.65. The zero-order chi connectivity index (χ0) is 13.8. The van der Waals surface area contributed by atoms with Gasteiger partial charge in [0.1, 0.15) is 5.75 Å². The van der Waals surface area contributed by atoms with Crippen LogP contribution in [0.2, 0.25) is 0 Å². The van der Waals surface area contributed by atoms with Crippen molar-refractivity contribution in [1.29, 1.82) is 0 Å². The summed E-state index contributed by atoms with van der Waals surface area (Å²) in [4.78, 5) is 0. The van der Waals surface area contributed by atoms with Crippen molar-refractivity contribution in [3.05, 3.63) is 22.7 Å². The lowest BCUT2D eigenvalue weighted by Gasteiger charge is -2.35. The Labute approximate surface area is 125 Å². The van der Waals surface area contributed by atoms with E-state index in [1.807, 2.05) is 6.07 Å². The van der Waals surface area contributed by atoms with Gasteiger partial charge in [-0.15, -0.1) is 0 Å². The first-order chi connectivity index (χ1) is 9.11. The maximum Gasteiger partial charge on any atom is 0.133 e. The van der Waals surface area contributed by atoms with E-state index >= 15 is 0 Å². The monoisotopic (exact) mass is 325 g/mol. The SMILES string of the molecule is COc1ccc(NC2CCCCC2C(C)C)cc1Br. The number of anilines is 1. The molecule has 0 aliphatic heterocycles. The molecule has 1 aliphatic carbocycles. The summed E-state index contributed by atoms with van der Waals surface area (Å²) in [5.74, 6) is 2.42. The molecule has 1 saturated carbocycles. The molecule has 2 nitrogen and oxygen atoms in total. The van der Waals surface area contributed by atoms with Crippen molar-refractivity contribution in [1.82, 2.24) is 0 Å². The van der Waals surface area contributed by atoms with Crippen LogP contribution < -0.4 is 10.1 Å². The molecular weight excluding hydrogens is 302 g/mol. The molecule has 0 amide bonds. The van der Waals surface area contributed by atoms with Crippen molar-refractivity contribution in [2.75, 3.05) is 12.4 Å². The minimum Gasteiger partial charge on any atom is -0.496 e. The van der Waals surface area contributed by atoms with Gasteiger partial charge in [-0.2, -0.15) is 0 Å². The Balaban J connectivity index is 2.08. The van der Waals surface area contributed by atoms with E-state index in [0.717, 1.165) is 22.1 Å². The molecular formula is C16H24BrNO. The first kappa shape index (κ1) is 14.7. The number of methoxy groups -OCH3 is 1. The molecule has 106 valence electrons. The van der Waals surface area contributed by atoms with E-state index in [1.54, 1.807) is 7.11 Å². The Bertz CT molecular complexity index is 419. The van der Waals surface area contributed by atoms with Gasteiger partial charge in [0.2, 0.25) is 0 Å². The largest absolute Gasteiger partial charge is 0.496 e. The van der Waals surface area contributed by atoms with Crippen LogP contribution in [-0.2, 0) is 0 Å². The summed E-state index contributed by atoms with van der Waals surface area (Å²) in [5, 5.41) is 3.72. The quantitative estimate of drug-likeness (QED) is 0.833. The molecule has 0 aromatic heterocycles. The lowest BCUT2D eigenvalue weighted by atomic mass is 9.78. The van der Waals surface area contributed by atoms with Gasteiger partial charge in [0.25, 0.3) is 0 Å². The third kappa shape index (κ3) is 3.65. The molecule has 0 saturated heterocycles. The number of hydrogen-bond donors (Lipinski definition) is 1. The number of benzene rings is 1. The molecule has 1 aromatic rings. The van der Waals surface area contributed by atoms with Crippen LogP contribution in [0.25, 0.3) is 0 Å². The topological polar surface area (TPSA) is 21.3 Å². The van der Waals surface area contributed by atoms with E-state index < -0.39 is 0 Å². The fraction of sp³-hybridized carbons (Fsp3) is 0.625. The summed E-state index contributed by atoms with van der Waals surface area (Å²) in [6.07, 6.45) is 5.37. The summed E-state index contributed by atoms with van der Waals surface area (Å²) < 4.78 is 6.29. The third-order valence-electron chi connectivity index (χ3n) is 4.18. The molecule has 1 fully saturated rings. The molecule has 1 aliphatic rings. The predicted molar refractivity (Wildman–Crippen MR) is 84.9 cm³/mol. The van der Waals surface area contributed by atoms with E-state index in [9.17, 15) is 0 Å². The minimum absolute atomic E-state index is 0.606. The molecule has 0 heterocycles. The van der Waals surface area contributed by atoms with Crippen LogP contribution in [0.3, 0.4) is 0 Å². The van der Waals surface area contributed by atoms with Gasteiger partial charge in [-0.05, 0) is 58.8 Å². The maximum absolute atomic E-state index is 5.27. The van der Waals surface area contributed by atoms with Crippen molar-refractivity contribution < 1.29 is 4.74 Å². The normalized spacial score (nSPS) is 23.4. The molecule has 1 N–H and O–H groups in total. The number of halogens is 1. The molecule has 0 spiro atoms. The van der Waals surface area contributed by atoms with Crippen LogP contribution in [-0.4, -0.2) is 13.2 Å². The van der Waals surface area contributed by atoms with Crippen molar-refractivity contribution >= 4 is 21.6 Å². The smallest absolute Gasteiger partial charge is 0.133 e. The number of ether oxygens (including phenoxy) is 1. The van der Waals surface area contributed by atoms with E-state index in [2.05, 4.69) is 47.2 Å². The highest BCUT2D eigenvalue weighted by Gasteiger charge is 2.27. The standard InChI is InChI=1S/C16H24BrNO/c1-11(2)13-6-4-5-7-15(13)18-12-8-9-16(19-3)14(17)10-12/h8-11,13,15,18H,4-7H2,1-3H3. The second-order valence-corrected chi connectivity index (χ2v) is 6.65. The van der Waals surface area contributed by atoms with Gasteiger partial charge < -0.3 is 10.1 Å². The van der Waals surface area contributed by atoms with Crippen LogP contribution in [0.15, 0.2) is 22.7 Å². The average Bonchev–Trinajstić information content (AvgIpc) is 2.39. The van der Waals surface area contributed by atoms with Crippen LogP contribution in [0.5, 0.6) is 5.75 Å². The summed E-state index contributed by atoms with van der Waals surface area (Å²) in [7, 11) is 1.70. The van der Waals surface area contributed by atoms with E-state index in [-0.39, 0.29) is 0 Å². The Kier molecular flexibility index (Phi) is 5.14. The van der Waals surface area contributed by atoms with E-state index in [0.29, 0.717) is 6.04 Å². The van der Waals surface area contributed by atoms with Gasteiger partial charge in [-0.1, -0.05) is 26.7 Å². The van der Waals surface area contributed by atoms with Crippen molar-refractivity contribution in [2.45, 2.75) is 45.6 Å². The molecule has 0 bridgehead atoms. The minimum atomic E-state index is 0.606. The van der Waals surface area contributed by atoms with Crippen molar-refractivity contribution in [3.8, 4) is 5.75 Å². The van der Waals surface area contributed by atoms with Crippen LogP contribution in [0, 0.1) is 11.8 Å². The first-order valence-corrected chi connectivity index (χ1v) is 8.01. The lowest BCUT2D eigenvalue weighted by molar-refractivity contribution is 0.254. The Morgan fingerprint density at radius 3 is 2.63 bits per heavy atom. The van der Waals surface area contributed by atoms with E-state index in [1.165, 1.54) is 31.4 Å². The molecule has 3 heteroatoms.